The SMILES string of the molecule is CCCCCCCC/C=[C]\O. The van der Waals surface area contributed by atoms with Crippen LogP contribution in [0.2, 0.25) is 0 Å². The van der Waals surface area contributed by atoms with E-state index in [0.717, 1.165) is 6.42 Å². The highest BCUT2D eigenvalue weighted by Gasteiger charge is 1.87. The van der Waals surface area contributed by atoms with Crippen LogP contribution in [0, 0.1) is 6.26 Å². The van der Waals surface area contributed by atoms with Crippen LogP contribution < -0.4 is 0 Å². The first-order valence-electron chi connectivity index (χ1n) is 4.63. The molecule has 0 saturated carbocycles. The lowest BCUT2D eigenvalue weighted by molar-refractivity contribution is 0.438. The molecule has 11 heavy (non-hydrogen) atoms. The Morgan fingerprint density at radius 2 is 1.73 bits per heavy atom. The average molecular weight is 155 g/mol. The Morgan fingerprint density at radius 1 is 1.09 bits per heavy atom. The first kappa shape index (κ1) is 10.5. The van der Waals surface area contributed by atoms with Crippen LogP contribution in [0.25, 0.3) is 0 Å². The van der Waals surface area contributed by atoms with Gasteiger partial charge in [0.05, 0.1) is 0 Å². The van der Waals surface area contributed by atoms with E-state index in [-0.39, 0.29) is 0 Å². The third kappa shape index (κ3) is 9.54. The summed E-state index contributed by atoms with van der Waals surface area (Å²) >= 11 is 0. The Balaban J connectivity index is 2.79. The summed E-state index contributed by atoms with van der Waals surface area (Å²) in [6, 6.07) is 0. The van der Waals surface area contributed by atoms with Crippen LogP contribution in [0.5, 0.6) is 0 Å². The maximum absolute atomic E-state index is 8.20. The predicted octanol–water partition coefficient (Wildman–Crippen LogP) is 3.61. The van der Waals surface area contributed by atoms with Crippen molar-refractivity contribution in [3.05, 3.63) is 12.3 Å². The summed E-state index contributed by atoms with van der Waals surface area (Å²) < 4.78 is 0. The van der Waals surface area contributed by atoms with Crippen LogP contribution >= 0.6 is 0 Å². The van der Waals surface area contributed by atoms with E-state index in [4.69, 9.17) is 5.11 Å². The van der Waals surface area contributed by atoms with Crippen molar-refractivity contribution in [2.75, 3.05) is 0 Å². The Bertz CT molecular complexity index is 86.9. The van der Waals surface area contributed by atoms with Gasteiger partial charge in [0.1, 0.15) is 0 Å². The Kier molecular flexibility index (Phi) is 9.14. The zero-order chi connectivity index (χ0) is 8.36. The Hall–Kier alpha value is -0.460. The number of unbranched alkanes of at least 4 members (excludes halogenated alkanes) is 6. The van der Waals surface area contributed by atoms with Gasteiger partial charge in [-0.2, -0.15) is 0 Å². The molecule has 0 aliphatic carbocycles. The molecule has 0 unspecified atom stereocenters. The van der Waals surface area contributed by atoms with Crippen LogP contribution in [0.4, 0.5) is 0 Å². The van der Waals surface area contributed by atoms with Crippen molar-refractivity contribution >= 4 is 0 Å². The molecule has 0 atom stereocenters. The van der Waals surface area contributed by atoms with Gasteiger partial charge in [0.15, 0.2) is 6.26 Å². The lowest BCUT2D eigenvalue weighted by Crippen LogP contribution is -1.77. The maximum atomic E-state index is 8.20. The topological polar surface area (TPSA) is 20.2 Å². The Labute approximate surface area is 70.1 Å². The summed E-state index contributed by atoms with van der Waals surface area (Å²) in [5.41, 5.74) is 0. The maximum Gasteiger partial charge on any atom is 0.152 e. The molecule has 0 saturated heterocycles. The van der Waals surface area contributed by atoms with Gasteiger partial charge in [0, 0.05) is 0 Å². The van der Waals surface area contributed by atoms with E-state index in [0.29, 0.717) is 0 Å². The summed E-state index contributed by atoms with van der Waals surface area (Å²) in [6.07, 6.45) is 12.6. The first-order chi connectivity index (χ1) is 5.41. The van der Waals surface area contributed by atoms with Crippen molar-refractivity contribution in [1.82, 2.24) is 0 Å². The molecule has 0 heterocycles. The minimum Gasteiger partial charge on any atom is -0.504 e. The van der Waals surface area contributed by atoms with Gasteiger partial charge in [0.25, 0.3) is 0 Å². The molecular formula is C10H19O. The normalized spacial score (nSPS) is 11.0. The molecule has 0 rings (SSSR count). The van der Waals surface area contributed by atoms with Gasteiger partial charge in [-0.15, -0.1) is 0 Å². The second kappa shape index (κ2) is 9.54. The number of aliphatic hydroxyl groups excluding tert-OH is 1. The highest BCUT2D eigenvalue weighted by molar-refractivity contribution is 4.65. The molecule has 0 aliphatic rings. The fourth-order valence-electron chi connectivity index (χ4n) is 1.09. The molecule has 0 bridgehead atoms. The third-order valence-corrected chi connectivity index (χ3v) is 1.79. The highest BCUT2D eigenvalue weighted by Crippen LogP contribution is 2.06. The number of allylic oxidation sites excluding steroid dienone is 1. The van der Waals surface area contributed by atoms with Crippen molar-refractivity contribution in [3.8, 4) is 0 Å². The molecule has 0 fully saturated rings. The average Bonchev–Trinajstić information content (AvgIpc) is 2.03. The van der Waals surface area contributed by atoms with Gasteiger partial charge in [0.2, 0.25) is 0 Å². The predicted molar refractivity (Wildman–Crippen MR) is 48.4 cm³/mol. The van der Waals surface area contributed by atoms with Gasteiger partial charge in [-0.1, -0.05) is 39.0 Å². The summed E-state index contributed by atoms with van der Waals surface area (Å²) in [5.74, 6) is 0. The van der Waals surface area contributed by atoms with E-state index < -0.39 is 0 Å². The molecule has 1 radical (unpaired) electrons. The smallest absolute Gasteiger partial charge is 0.152 e. The number of rotatable bonds is 7. The van der Waals surface area contributed by atoms with Gasteiger partial charge < -0.3 is 5.11 Å². The van der Waals surface area contributed by atoms with E-state index in [9.17, 15) is 0 Å². The van der Waals surface area contributed by atoms with Crippen LogP contribution in [-0.4, -0.2) is 5.11 Å². The van der Waals surface area contributed by atoms with E-state index in [2.05, 4.69) is 6.92 Å². The fraction of sp³-hybridized carbons (Fsp3) is 0.800. The standard InChI is InChI=1S/C10H19O/c1-2-3-4-5-6-7-8-9-10-11/h9,11H,2-8H2,1H3. The summed E-state index contributed by atoms with van der Waals surface area (Å²) in [4.78, 5) is 0. The fourth-order valence-corrected chi connectivity index (χ4v) is 1.09. The van der Waals surface area contributed by atoms with E-state index in [1.54, 1.807) is 6.08 Å². The van der Waals surface area contributed by atoms with Crippen molar-refractivity contribution in [2.45, 2.75) is 51.9 Å². The second-order valence-corrected chi connectivity index (χ2v) is 2.89. The lowest BCUT2D eigenvalue weighted by Gasteiger charge is -1.96. The molecule has 0 aromatic rings. The Morgan fingerprint density at radius 3 is 2.36 bits per heavy atom. The zero-order valence-corrected chi connectivity index (χ0v) is 7.47. The van der Waals surface area contributed by atoms with Crippen LogP contribution in [0.3, 0.4) is 0 Å². The van der Waals surface area contributed by atoms with Gasteiger partial charge in [-0.05, 0) is 18.9 Å². The molecule has 0 amide bonds. The van der Waals surface area contributed by atoms with Crippen molar-refractivity contribution in [1.29, 1.82) is 0 Å². The van der Waals surface area contributed by atoms with Crippen LogP contribution in [0.15, 0.2) is 6.08 Å². The van der Waals surface area contributed by atoms with Gasteiger partial charge >= 0.3 is 0 Å². The second-order valence-electron chi connectivity index (χ2n) is 2.89. The van der Waals surface area contributed by atoms with Gasteiger partial charge in [-0.25, -0.2) is 0 Å². The number of hydrogen-bond acceptors (Lipinski definition) is 1. The number of aliphatic hydroxyl groups is 1. The molecule has 0 spiro atoms. The molecule has 0 aliphatic heterocycles. The summed E-state index contributed by atoms with van der Waals surface area (Å²) in [6.45, 7) is 2.23. The minimum atomic E-state index is 0.975. The van der Waals surface area contributed by atoms with Crippen molar-refractivity contribution in [3.63, 3.8) is 0 Å². The van der Waals surface area contributed by atoms with Gasteiger partial charge in [-0.3, -0.25) is 0 Å². The third-order valence-electron chi connectivity index (χ3n) is 1.79. The molecular weight excluding hydrogens is 136 g/mol. The van der Waals surface area contributed by atoms with E-state index >= 15 is 0 Å². The van der Waals surface area contributed by atoms with E-state index in [1.807, 2.05) is 6.26 Å². The lowest BCUT2D eigenvalue weighted by atomic mass is 10.1. The van der Waals surface area contributed by atoms with Crippen molar-refractivity contribution in [2.24, 2.45) is 0 Å². The van der Waals surface area contributed by atoms with E-state index in [1.165, 1.54) is 38.5 Å². The highest BCUT2D eigenvalue weighted by atomic mass is 16.2. The zero-order valence-electron chi connectivity index (χ0n) is 7.47. The molecule has 0 aromatic heterocycles. The van der Waals surface area contributed by atoms with Crippen LogP contribution in [-0.2, 0) is 0 Å². The number of hydrogen-bond donors (Lipinski definition) is 1. The molecule has 65 valence electrons. The molecule has 1 heteroatoms. The largest absolute Gasteiger partial charge is 0.504 e. The molecule has 1 nitrogen and oxygen atoms in total. The quantitative estimate of drug-likeness (QED) is 0.440. The van der Waals surface area contributed by atoms with Crippen molar-refractivity contribution < 1.29 is 5.11 Å². The molecule has 1 N–H and O–H groups in total. The van der Waals surface area contributed by atoms with Crippen LogP contribution in [0.1, 0.15) is 51.9 Å². The summed E-state index contributed by atoms with van der Waals surface area (Å²) in [7, 11) is 0. The molecule has 0 aromatic carbocycles. The minimum absolute atomic E-state index is 0.975. The monoisotopic (exact) mass is 155 g/mol. The summed E-state index contributed by atoms with van der Waals surface area (Å²) in [5, 5.41) is 8.20. The first-order valence-corrected chi connectivity index (χ1v) is 4.63.